The van der Waals surface area contributed by atoms with Crippen molar-refractivity contribution in [3.05, 3.63) is 106 Å². The summed E-state index contributed by atoms with van der Waals surface area (Å²) in [6, 6.07) is 24.2. The third kappa shape index (κ3) is 7.89. The molecular formula is C44H55NO8Si. The van der Waals surface area contributed by atoms with E-state index in [4.69, 9.17) is 9.16 Å². The first-order valence-corrected chi connectivity index (χ1v) is 20.8. The van der Waals surface area contributed by atoms with Gasteiger partial charge in [0.2, 0.25) is 11.8 Å². The number of carbonyl (C=O) groups is 3. The first kappa shape index (κ1) is 40.8. The van der Waals surface area contributed by atoms with Gasteiger partial charge in [0.1, 0.15) is 5.75 Å². The first-order valence-electron chi connectivity index (χ1n) is 18.9. The highest BCUT2D eigenvalue weighted by Gasteiger charge is 2.58. The van der Waals surface area contributed by atoms with Crippen molar-refractivity contribution < 1.29 is 38.9 Å². The Bertz CT molecular complexity index is 1840. The molecule has 0 spiro atoms. The molecule has 10 heteroatoms. The molecule has 3 aromatic rings. The number of phenols is 1. The number of methoxy groups -OCH3 is 1. The highest BCUT2D eigenvalue weighted by atomic mass is 28.4. The molecule has 0 bridgehead atoms. The number of aromatic hydroxyl groups is 1. The van der Waals surface area contributed by atoms with Crippen molar-refractivity contribution in [2.45, 2.75) is 84.8 Å². The van der Waals surface area contributed by atoms with Crippen LogP contribution in [0.25, 0.3) is 6.08 Å². The van der Waals surface area contributed by atoms with Gasteiger partial charge in [-0.3, -0.25) is 9.59 Å². The molecule has 2 aliphatic rings. The molecule has 54 heavy (non-hydrogen) atoms. The Morgan fingerprint density at radius 3 is 2.04 bits per heavy atom. The summed E-state index contributed by atoms with van der Waals surface area (Å²) in [4.78, 5) is 40.8. The molecule has 1 heterocycles. The molecular weight excluding hydrogens is 699 g/mol. The van der Waals surface area contributed by atoms with Crippen molar-refractivity contribution in [1.29, 1.82) is 0 Å². The number of phenolic OH excluding ortho intramolecular Hbond substituents is 1. The van der Waals surface area contributed by atoms with E-state index in [0.29, 0.717) is 28.9 Å². The van der Waals surface area contributed by atoms with E-state index in [0.717, 1.165) is 52.6 Å². The molecule has 0 saturated carbocycles. The van der Waals surface area contributed by atoms with E-state index in [1.807, 2.05) is 62.4 Å². The van der Waals surface area contributed by atoms with E-state index in [9.17, 15) is 29.7 Å². The van der Waals surface area contributed by atoms with E-state index in [-0.39, 0.29) is 23.8 Å². The first-order chi connectivity index (χ1) is 25.7. The van der Waals surface area contributed by atoms with Gasteiger partial charge in [-0.2, -0.15) is 4.90 Å². The zero-order chi connectivity index (χ0) is 39.4. The van der Waals surface area contributed by atoms with Crippen LogP contribution in [-0.2, 0) is 18.8 Å². The second-order valence-corrected chi connectivity index (χ2v) is 20.0. The van der Waals surface area contributed by atoms with Gasteiger partial charge < -0.3 is 24.5 Å². The number of allylic oxidation sites excluding steroid dienone is 1. The van der Waals surface area contributed by atoms with Crippen LogP contribution in [0, 0.1) is 31.6 Å². The van der Waals surface area contributed by atoms with E-state index in [1.54, 1.807) is 0 Å². The lowest BCUT2D eigenvalue weighted by Gasteiger charge is -2.44. The van der Waals surface area contributed by atoms with Gasteiger partial charge in [0.25, 0.3) is 8.32 Å². The van der Waals surface area contributed by atoms with E-state index >= 15 is 0 Å². The van der Waals surface area contributed by atoms with Gasteiger partial charge in [-0.15, -0.1) is 0 Å². The van der Waals surface area contributed by atoms with Crippen LogP contribution in [0.2, 0.25) is 5.04 Å². The number of hydrogen-bond donors (Lipinski definition) is 3. The fraction of sp³-hybridized carbons (Fsp3) is 0.432. The van der Waals surface area contributed by atoms with E-state index in [1.165, 1.54) is 0 Å². The SMILES string of the molecule is CCC/C(=C\c1cc(C)c(O)c(C)c1)CC[C@@H](O)C1=C(CO[Si](c2ccccc2)(c2ccccc2)C(C)(C)C)C[C@H]2C(=O)N(C(=O)OC)C(=O)[C@H]2[C@H]1CO. The number of aliphatic hydroxyl groups excluding tert-OH is 2. The number of fused-ring (bicyclic) bond motifs is 1. The molecule has 9 nitrogen and oxygen atoms in total. The van der Waals surface area contributed by atoms with E-state index < -0.39 is 56.7 Å². The van der Waals surface area contributed by atoms with Crippen molar-refractivity contribution in [1.82, 2.24) is 4.90 Å². The maximum absolute atomic E-state index is 13.8. The number of aliphatic hydroxyl groups is 2. The zero-order valence-electron chi connectivity index (χ0n) is 32.6. The lowest BCUT2D eigenvalue weighted by Crippen LogP contribution is -2.66. The smallest absolute Gasteiger partial charge is 0.423 e. The van der Waals surface area contributed by atoms with Crippen LogP contribution in [0.1, 0.15) is 76.5 Å². The standard InChI is InChI=1S/C44H55NO8Si/c1-8-15-30(24-31-22-28(2)40(48)29(3)23-31)20-21-37(47)38-32(25-35-39(36(38)26-46)42(50)45(41(35)49)43(51)52-7)27-53-54(44(4,5)6,33-16-11-9-12-17-33)34-18-13-10-14-19-34/h9-14,16-19,22-24,35-37,39,46-48H,8,15,20-21,25-27H2,1-7H3/b30-24+/t35-,36+,37-,39-/m1/s1. The average molecular weight is 754 g/mol. The van der Waals surface area contributed by atoms with Crippen LogP contribution in [0.4, 0.5) is 4.79 Å². The summed E-state index contributed by atoms with van der Waals surface area (Å²) in [5.74, 6) is -3.98. The number of rotatable bonds is 13. The summed E-state index contributed by atoms with van der Waals surface area (Å²) in [7, 11) is -1.96. The molecule has 288 valence electrons. The van der Waals surface area contributed by atoms with Crippen LogP contribution >= 0.6 is 0 Å². The topological polar surface area (TPSA) is 134 Å². The van der Waals surface area contributed by atoms with Crippen LogP contribution in [0.5, 0.6) is 5.75 Å². The molecule has 5 rings (SSSR count). The van der Waals surface area contributed by atoms with E-state index in [2.05, 4.69) is 58.0 Å². The number of carbonyl (C=O) groups excluding carboxylic acids is 3. The summed E-state index contributed by atoms with van der Waals surface area (Å²) in [6.45, 7) is 11.9. The van der Waals surface area contributed by atoms with Gasteiger partial charge in [0.05, 0.1) is 38.3 Å². The van der Waals surface area contributed by atoms with Gasteiger partial charge in [-0.25, -0.2) is 4.79 Å². The number of nitrogens with zero attached hydrogens (tertiary/aromatic N) is 1. The lowest BCUT2D eigenvalue weighted by atomic mass is 9.68. The number of ether oxygens (including phenoxy) is 1. The Balaban J connectivity index is 1.59. The minimum Gasteiger partial charge on any atom is -0.507 e. The normalized spacial score (nSPS) is 20.0. The Labute approximate surface area is 320 Å². The minimum atomic E-state index is -3.08. The molecule has 0 unspecified atom stereocenters. The van der Waals surface area contributed by atoms with Gasteiger partial charge in [-0.05, 0) is 94.9 Å². The highest BCUT2D eigenvalue weighted by Crippen LogP contribution is 2.47. The van der Waals surface area contributed by atoms with Crippen molar-refractivity contribution in [2.24, 2.45) is 17.8 Å². The van der Waals surface area contributed by atoms with Crippen molar-refractivity contribution in [3.8, 4) is 5.75 Å². The monoisotopic (exact) mass is 753 g/mol. The van der Waals surface area contributed by atoms with Crippen LogP contribution in [0.3, 0.4) is 0 Å². The Morgan fingerprint density at radius 2 is 1.54 bits per heavy atom. The Kier molecular flexibility index (Phi) is 12.8. The average Bonchev–Trinajstić information content (AvgIpc) is 3.40. The Morgan fingerprint density at radius 1 is 0.963 bits per heavy atom. The lowest BCUT2D eigenvalue weighted by molar-refractivity contribution is -0.137. The largest absolute Gasteiger partial charge is 0.507 e. The van der Waals surface area contributed by atoms with Crippen LogP contribution < -0.4 is 10.4 Å². The number of benzene rings is 3. The summed E-state index contributed by atoms with van der Waals surface area (Å²) >= 11 is 0. The van der Waals surface area contributed by atoms with Crippen LogP contribution in [0.15, 0.2) is 89.5 Å². The molecule has 3 amide bonds. The number of likely N-dealkylation sites (tertiary alicyclic amines) is 1. The molecule has 3 N–H and O–H groups in total. The van der Waals surface area contributed by atoms with Crippen molar-refractivity contribution in [3.63, 3.8) is 0 Å². The molecule has 3 aromatic carbocycles. The molecule has 1 fully saturated rings. The second kappa shape index (κ2) is 17.0. The predicted octanol–water partition coefficient (Wildman–Crippen LogP) is 6.59. The van der Waals surface area contributed by atoms with Gasteiger partial charge >= 0.3 is 6.09 Å². The fourth-order valence-corrected chi connectivity index (χ4v) is 13.2. The summed E-state index contributed by atoms with van der Waals surface area (Å²) in [5, 5.41) is 35.3. The van der Waals surface area contributed by atoms with Gasteiger partial charge in [0.15, 0.2) is 0 Å². The van der Waals surface area contributed by atoms with Gasteiger partial charge in [-0.1, -0.05) is 106 Å². The molecule has 4 atom stereocenters. The fourth-order valence-electron chi connectivity index (χ4n) is 8.70. The van der Waals surface area contributed by atoms with Crippen LogP contribution in [-0.4, -0.2) is 72.9 Å². The number of aryl methyl sites for hydroxylation is 2. The van der Waals surface area contributed by atoms with Crippen molar-refractivity contribution >= 4 is 42.7 Å². The third-order valence-electron chi connectivity index (χ3n) is 11.2. The third-order valence-corrected chi connectivity index (χ3v) is 16.2. The second-order valence-electron chi connectivity index (χ2n) is 15.7. The summed E-state index contributed by atoms with van der Waals surface area (Å²) < 4.78 is 12.1. The molecule has 0 radical (unpaired) electrons. The van der Waals surface area contributed by atoms with Gasteiger partial charge in [0, 0.05) is 5.92 Å². The number of amides is 3. The maximum Gasteiger partial charge on any atom is 0.423 e. The molecule has 1 aliphatic heterocycles. The number of imide groups is 3. The molecule has 1 aliphatic carbocycles. The highest BCUT2D eigenvalue weighted by molar-refractivity contribution is 6.99. The molecule has 0 aromatic heterocycles. The summed E-state index contributed by atoms with van der Waals surface area (Å²) in [5.41, 5.74) is 4.81. The quantitative estimate of drug-likeness (QED) is 0.101. The molecule has 1 saturated heterocycles. The van der Waals surface area contributed by atoms with Crippen molar-refractivity contribution in [2.75, 3.05) is 20.3 Å². The maximum atomic E-state index is 13.8. The predicted molar refractivity (Wildman–Crippen MR) is 213 cm³/mol. The zero-order valence-corrected chi connectivity index (χ0v) is 33.6. The minimum absolute atomic E-state index is 0.0583. The number of hydrogen-bond acceptors (Lipinski definition) is 8. The Hall–Kier alpha value is -4.35. The summed E-state index contributed by atoms with van der Waals surface area (Å²) in [6.07, 6.45) is 2.59.